The Kier molecular flexibility index (Phi) is 4.78. The number of ether oxygens (including phenoxy) is 1. The SMILES string of the molecule is CC(C)CCC[C@@H](C)[C@H]1CC[C@H]2[C@@H]3C[C@@H]4OC45CCCC[C@]5(C)[C@H]3CC[C@]12C. The van der Waals surface area contributed by atoms with Crippen molar-refractivity contribution in [2.45, 2.75) is 123 Å². The second-order valence-electron chi connectivity index (χ2n) is 12.8. The molecule has 160 valence electrons. The van der Waals surface area contributed by atoms with Gasteiger partial charge in [-0.3, -0.25) is 0 Å². The van der Waals surface area contributed by atoms with Gasteiger partial charge in [0.2, 0.25) is 0 Å². The van der Waals surface area contributed by atoms with Crippen molar-refractivity contribution in [3.8, 4) is 0 Å². The summed E-state index contributed by atoms with van der Waals surface area (Å²) < 4.78 is 6.60. The van der Waals surface area contributed by atoms with Crippen LogP contribution in [0.15, 0.2) is 0 Å². The molecule has 28 heavy (non-hydrogen) atoms. The minimum atomic E-state index is 0.322. The summed E-state index contributed by atoms with van der Waals surface area (Å²) in [4.78, 5) is 0. The quantitative estimate of drug-likeness (QED) is 0.442. The molecule has 0 aromatic rings. The molecule has 0 bridgehead atoms. The monoisotopic (exact) mass is 386 g/mol. The number of hydrogen-bond acceptors (Lipinski definition) is 1. The van der Waals surface area contributed by atoms with Crippen molar-refractivity contribution in [1.82, 2.24) is 0 Å². The molecule has 1 heteroatoms. The molecular formula is C27H46O. The maximum Gasteiger partial charge on any atom is 0.100 e. The lowest BCUT2D eigenvalue weighted by Gasteiger charge is -2.59. The second-order valence-corrected chi connectivity index (χ2v) is 12.8. The van der Waals surface area contributed by atoms with Gasteiger partial charge in [-0.25, -0.2) is 0 Å². The average molecular weight is 387 g/mol. The van der Waals surface area contributed by atoms with Crippen molar-refractivity contribution in [3.63, 3.8) is 0 Å². The van der Waals surface area contributed by atoms with Crippen molar-refractivity contribution in [2.24, 2.45) is 46.3 Å². The lowest BCUT2D eigenvalue weighted by atomic mass is 9.44. The summed E-state index contributed by atoms with van der Waals surface area (Å²) in [6.45, 7) is 12.8. The zero-order valence-electron chi connectivity index (χ0n) is 19.4. The summed E-state index contributed by atoms with van der Waals surface area (Å²) in [6.07, 6.45) is 18.1. The van der Waals surface area contributed by atoms with Crippen molar-refractivity contribution < 1.29 is 4.74 Å². The van der Waals surface area contributed by atoms with E-state index in [1.165, 1.54) is 77.0 Å². The van der Waals surface area contributed by atoms with Crippen molar-refractivity contribution in [2.75, 3.05) is 0 Å². The van der Waals surface area contributed by atoms with Gasteiger partial charge in [0, 0.05) is 5.41 Å². The van der Waals surface area contributed by atoms with Crippen LogP contribution in [-0.4, -0.2) is 11.7 Å². The van der Waals surface area contributed by atoms with Gasteiger partial charge in [-0.2, -0.15) is 0 Å². The molecule has 1 heterocycles. The molecule has 4 saturated carbocycles. The van der Waals surface area contributed by atoms with E-state index in [9.17, 15) is 0 Å². The van der Waals surface area contributed by atoms with E-state index in [2.05, 4.69) is 34.6 Å². The van der Waals surface area contributed by atoms with Gasteiger partial charge in [0.25, 0.3) is 0 Å². The number of hydrogen-bond donors (Lipinski definition) is 0. The van der Waals surface area contributed by atoms with E-state index in [4.69, 9.17) is 4.74 Å². The number of rotatable bonds is 5. The van der Waals surface area contributed by atoms with Crippen LogP contribution in [-0.2, 0) is 4.74 Å². The molecule has 5 fully saturated rings. The van der Waals surface area contributed by atoms with Gasteiger partial charge in [0.15, 0.2) is 0 Å². The normalized spacial score (nSPS) is 53.1. The Morgan fingerprint density at radius 1 is 0.893 bits per heavy atom. The minimum Gasteiger partial charge on any atom is -0.365 e. The maximum absolute atomic E-state index is 6.60. The fraction of sp³-hybridized carbons (Fsp3) is 1.00. The molecule has 9 atom stereocenters. The van der Waals surface area contributed by atoms with Gasteiger partial charge in [0.1, 0.15) is 5.60 Å². The van der Waals surface area contributed by atoms with Crippen LogP contribution in [0.2, 0.25) is 0 Å². The Labute approximate surface area is 174 Å². The van der Waals surface area contributed by atoms with Crippen LogP contribution in [0.25, 0.3) is 0 Å². The molecule has 0 N–H and O–H groups in total. The fourth-order valence-corrected chi connectivity index (χ4v) is 9.74. The highest BCUT2D eigenvalue weighted by Gasteiger charge is 2.75. The summed E-state index contributed by atoms with van der Waals surface area (Å²) in [5.74, 6) is 5.69. The summed E-state index contributed by atoms with van der Waals surface area (Å²) in [7, 11) is 0. The van der Waals surface area contributed by atoms with Crippen LogP contribution in [0.4, 0.5) is 0 Å². The standard InChI is InChI=1S/C27H46O/c1-18(2)9-8-10-19(3)21-11-12-22-20-17-24-27(28-24)15-7-6-14-26(27,5)23(20)13-16-25(21,22)4/h18-24H,6-17H2,1-5H3/t19-,20+,21-,22+,23+,24+,25-,26-,27?/m1/s1. The molecule has 1 spiro atoms. The van der Waals surface area contributed by atoms with Gasteiger partial charge in [-0.05, 0) is 85.9 Å². The predicted molar refractivity (Wildman–Crippen MR) is 117 cm³/mol. The van der Waals surface area contributed by atoms with Gasteiger partial charge < -0.3 is 4.74 Å². The van der Waals surface area contributed by atoms with E-state index in [1.54, 1.807) is 0 Å². The molecule has 4 aliphatic carbocycles. The van der Waals surface area contributed by atoms with Gasteiger partial charge in [-0.1, -0.05) is 66.7 Å². The topological polar surface area (TPSA) is 12.5 Å². The first-order valence-corrected chi connectivity index (χ1v) is 13.0. The lowest BCUT2D eigenvalue weighted by molar-refractivity contribution is -0.100. The van der Waals surface area contributed by atoms with Crippen LogP contribution in [0, 0.1) is 46.3 Å². The fourth-order valence-electron chi connectivity index (χ4n) is 9.74. The molecule has 1 unspecified atom stereocenters. The summed E-state index contributed by atoms with van der Waals surface area (Å²) in [5, 5.41) is 0. The third-order valence-corrected chi connectivity index (χ3v) is 11.2. The average Bonchev–Trinajstić information content (AvgIpc) is 3.23. The highest BCUT2D eigenvalue weighted by atomic mass is 16.6. The van der Waals surface area contributed by atoms with Crippen LogP contribution in [0.3, 0.4) is 0 Å². The molecule has 0 aromatic carbocycles. The van der Waals surface area contributed by atoms with Crippen molar-refractivity contribution in [3.05, 3.63) is 0 Å². The van der Waals surface area contributed by atoms with Crippen LogP contribution in [0.5, 0.6) is 0 Å². The maximum atomic E-state index is 6.60. The molecular weight excluding hydrogens is 340 g/mol. The molecule has 1 nitrogen and oxygen atoms in total. The molecule has 0 radical (unpaired) electrons. The van der Waals surface area contributed by atoms with E-state index in [1.807, 2.05) is 0 Å². The third-order valence-electron chi connectivity index (χ3n) is 11.2. The van der Waals surface area contributed by atoms with Gasteiger partial charge >= 0.3 is 0 Å². The molecule has 0 aromatic heterocycles. The number of fused-ring (bicyclic) bond motifs is 4. The van der Waals surface area contributed by atoms with Gasteiger partial charge in [0.05, 0.1) is 6.10 Å². The van der Waals surface area contributed by atoms with E-state index in [0.29, 0.717) is 22.5 Å². The van der Waals surface area contributed by atoms with Crippen LogP contribution >= 0.6 is 0 Å². The largest absolute Gasteiger partial charge is 0.365 e. The van der Waals surface area contributed by atoms with Gasteiger partial charge in [-0.15, -0.1) is 0 Å². The van der Waals surface area contributed by atoms with E-state index >= 15 is 0 Å². The lowest BCUT2D eigenvalue weighted by Crippen LogP contribution is -2.57. The Morgan fingerprint density at radius 2 is 1.68 bits per heavy atom. The Balaban J connectivity index is 1.33. The number of epoxide rings is 1. The van der Waals surface area contributed by atoms with Crippen LogP contribution in [0.1, 0.15) is 112 Å². The highest BCUT2D eigenvalue weighted by molar-refractivity contribution is 5.23. The highest BCUT2D eigenvalue weighted by Crippen LogP contribution is 2.74. The molecule has 5 rings (SSSR count). The first-order valence-electron chi connectivity index (χ1n) is 13.0. The van der Waals surface area contributed by atoms with Crippen molar-refractivity contribution in [1.29, 1.82) is 0 Å². The van der Waals surface area contributed by atoms with Crippen molar-refractivity contribution >= 4 is 0 Å². The third kappa shape index (κ3) is 2.66. The second kappa shape index (κ2) is 6.73. The first-order chi connectivity index (χ1) is 13.3. The molecule has 0 amide bonds. The molecule has 1 aliphatic heterocycles. The Morgan fingerprint density at radius 3 is 2.46 bits per heavy atom. The Hall–Kier alpha value is -0.0400. The zero-order valence-corrected chi connectivity index (χ0v) is 19.4. The van der Waals surface area contributed by atoms with E-state index < -0.39 is 0 Å². The summed E-state index contributed by atoms with van der Waals surface area (Å²) in [5.41, 5.74) is 1.45. The zero-order chi connectivity index (χ0) is 19.7. The molecule has 1 saturated heterocycles. The van der Waals surface area contributed by atoms with E-state index in [-0.39, 0.29) is 0 Å². The summed E-state index contributed by atoms with van der Waals surface area (Å²) >= 11 is 0. The van der Waals surface area contributed by atoms with Crippen LogP contribution < -0.4 is 0 Å². The first kappa shape index (κ1) is 19.9. The minimum absolute atomic E-state index is 0.322. The Bertz CT molecular complexity index is 597. The van der Waals surface area contributed by atoms with E-state index in [0.717, 1.165) is 35.5 Å². The smallest absolute Gasteiger partial charge is 0.100 e. The molecule has 5 aliphatic rings. The predicted octanol–water partition coefficient (Wildman–Crippen LogP) is 7.63. The summed E-state index contributed by atoms with van der Waals surface area (Å²) in [6, 6.07) is 0.